The summed E-state index contributed by atoms with van der Waals surface area (Å²) in [5, 5.41) is 0. The van der Waals surface area contributed by atoms with Crippen molar-refractivity contribution in [3.63, 3.8) is 0 Å². The summed E-state index contributed by atoms with van der Waals surface area (Å²) in [7, 11) is 0. The number of hydrogen-bond acceptors (Lipinski definition) is 4. The Balaban J connectivity index is 1.87. The van der Waals surface area contributed by atoms with E-state index in [2.05, 4.69) is 21.8 Å². The zero-order valence-electron chi connectivity index (χ0n) is 11.3. The third kappa shape index (κ3) is 3.95. The highest BCUT2D eigenvalue weighted by molar-refractivity contribution is 5.24. The molecule has 100 valence electrons. The molecule has 1 aliphatic heterocycles. The van der Waals surface area contributed by atoms with Crippen LogP contribution in [-0.4, -0.2) is 28.0 Å². The number of nitrogens with zero attached hydrogens (tertiary/aromatic N) is 3. The lowest BCUT2D eigenvalue weighted by Gasteiger charge is -2.19. The lowest BCUT2D eigenvalue weighted by atomic mass is 9.96. The second-order valence-electron chi connectivity index (χ2n) is 5.26. The first-order valence-electron chi connectivity index (χ1n) is 7.07. The lowest BCUT2D eigenvalue weighted by Crippen LogP contribution is -2.25. The van der Waals surface area contributed by atoms with Crippen molar-refractivity contribution in [1.82, 2.24) is 14.9 Å². The van der Waals surface area contributed by atoms with E-state index in [-0.39, 0.29) is 0 Å². The van der Waals surface area contributed by atoms with Gasteiger partial charge in [-0.2, -0.15) is 0 Å². The van der Waals surface area contributed by atoms with Gasteiger partial charge in [0.15, 0.2) is 0 Å². The average Bonchev–Trinajstić information content (AvgIpc) is 2.56. The van der Waals surface area contributed by atoms with E-state index in [9.17, 15) is 0 Å². The van der Waals surface area contributed by atoms with Crippen molar-refractivity contribution in [2.45, 2.75) is 45.6 Å². The molecule has 0 saturated carbocycles. The van der Waals surface area contributed by atoms with E-state index >= 15 is 0 Å². The first-order chi connectivity index (χ1) is 8.78. The van der Waals surface area contributed by atoms with Gasteiger partial charge in [-0.1, -0.05) is 19.8 Å². The van der Waals surface area contributed by atoms with E-state index in [1.807, 2.05) is 0 Å². The molecule has 0 aliphatic carbocycles. The predicted molar refractivity (Wildman–Crippen MR) is 74.0 cm³/mol. The van der Waals surface area contributed by atoms with E-state index in [1.54, 1.807) is 12.3 Å². The molecule has 18 heavy (non-hydrogen) atoms. The monoisotopic (exact) mass is 248 g/mol. The standard InChI is InChI=1S/C14H24N4/c1-2-4-12-5-3-9-18(10-7-12)11-14-16-8-6-13(15)17-14/h6,8,12H,2-5,7,9-11H2,1H3,(H2,15,16,17)/t12-/m1/s1. The highest BCUT2D eigenvalue weighted by atomic mass is 15.1. The van der Waals surface area contributed by atoms with E-state index < -0.39 is 0 Å². The number of nitrogens with two attached hydrogens (primary N) is 1. The highest BCUT2D eigenvalue weighted by Gasteiger charge is 2.17. The molecule has 4 nitrogen and oxygen atoms in total. The van der Waals surface area contributed by atoms with Crippen LogP contribution < -0.4 is 5.73 Å². The Morgan fingerprint density at radius 3 is 3.06 bits per heavy atom. The SMILES string of the molecule is CCC[C@@H]1CCCN(Cc2nccc(N)n2)CC1. The Kier molecular flexibility index (Phi) is 4.93. The molecule has 1 atom stereocenters. The van der Waals surface area contributed by atoms with Gasteiger partial charge in [-0.25, -0.2) is 9.97 Å². The Labute approximate surface area is 110 Å². The van der Waals surface area contributed by atoms with Crippen molar-refractivity contribution in [1.29, 1.82) is 0 Å². The van der Waals surface area contributed by atoms with Crippen molar-refractivity contribution in [3.05, 3.63) is 18.1 Å². The van der Waals surface area contributed by atoms with Gasteiger partial charge in [0.2, 0.25) is 0 Å². The number of hydrogen-bond donors (Lipinski definition) is 1. The van der Waals surface area contributed by atoms with Gasteiger partial charge < -0.3 is 5.73 Å². The fourth-order valence-electron chi connectivity index (χ4n) is 2.77. The summed E-state index contributed by atoms with van der Waals surface area (Å²) in [4.78, 5) is 11.0. The topological polar surface area (TPSA) is 55.0 Å². The summed E-state index contributed by atoms with van der Waals surface area (Å²) in [6.07, 6.45) is 8.42. The van der Waals surface area contributed by atoms with Crippen LogP contribution in [0.15, 0.2) is 12.3 Å². The number of aromatic nitrogens is 2. The van der Waals surface area contributed by atoms with E-state index in [4.69, 9.17) is 5.73 Å². The molecule has 2 rings (SSSR count). The van der Waals surface area contributed by atoms with Gasteiger partial charge in [0.1, 0.15) is 11.6 Å². The number of rotatable bonds is 4. The molecule has 0 radical (unpaired) electrons. The van der Waals surface area contributed by atoms with E-state index in [1.165, 1.54) is 45.2 Å². The van der Waals surface area contributed by atoms with E-state index in [0.29, 0.717) is 5.82 Å². The Bertz CT molecular complexity index is 367. The molecule has 1 aromatic heterocycles. The third-order valence-electron chi connectivity index (χ3n) is 3.73. The maximum Gasteiger partial charge on any atom is 0.144 e. The third-order valence-corrected chi connectivity index (χ3v) is 3.73. The Morgan fingerprint density at radius 1 is 1.39 bits per heavy atom. The minimum atomic E-state index is 0.568. The van der Waals surface area contributed by atoms with Gasteiger partial charge in [-0.05, 0) is 44.3 Å². The van der Waals surface area contributed by atoms with Crippen molar-refractivity contribution in [2.75, 3.05) is 18.8 Å². The van der Waals surface area contributed by atoms with Crippen molar-refractivity contribution in [2.24, 2.45) is 5.92 Å². The maximum atomic E-state index is 5.69. The smallest absolute Gasteiger partial charge is 0.144 e. The minimum absolute atomic E-state index is 0.568. The van der Waals surface area contributed by atoms with Gasteiger partial charge in [0, 0.05) is 6.20 Å². The molecule has 1 aliphatic rings. The normalized spacial score (nSPS) is 21.7. The average molecular weight is 248 g/mol. The van der Waals surface area contributed by atoms with Crippen LogP contribution in [0.5, 0.6) is 0 Å². The molecule has 0 amide bonds. The molecule has 4 heteroatoms. The van der Waals surface area contributed by atoms with Crippen molar-refractivity contribution >= 4 is 5.82 Å². The lowest BCUT2D eigenvalue weighted by molar-refractivity contribution is 0.265. The number of nitrogen functional groups attached to an aromatic ring is 1. The molecule has 0 spiro atoms. The molecular formula is C14H24N4. The molecule has 0 bridgehead atoms. The van der Waals surface area contributed by atoms with Gasteiger partial charge in [-0.3, -0.25) is 4.90 Å². The molecule has 1 aromatic rings. The van der Waals surface area contributed by atoms with Crippen LogP contribution in [0, 0.1) is 5.92 Å². The zero-order valence-corrected chi connectivity index (χ0v) is 11.3. The quantitative estimate of drug-likeness (QED) is 0.889. The minimum Gasteiger partial charge on any atom is -0.384 e. The molecule has 2 heterocycles. The van der Waals surface area contributed by atoms with Crippen molar-refractivity contribution < 1.29 is 0 Å². The molecule has 0 aromatic carbocycles. The second kappa shape index (κ2) is 6.69. The van der Waals surface area contributed by atoms with Crippen LogP contribution in [0.4, 0.5) is 5.82 Å². The maximum absolute atomic E-state index is 5.69. The van der Waals surface area contributed by atoms with Crippen LogP contribution in [0.25, 0.3) is 0 Å². The first kappa shape index (κ1) is 13.3. The first-order valence-corrected chi connectivity index (χ1v) is 7.07. The summed E-state index contributed by atoms with van der Waals surface area (Å²) in [5.41, 5.74) is 5.69. The Hall–Kier alpha value is -1.16. The van der Waals surface area contributed by atoms with Gasteiger partial charge >= 0.3 is 0 Å². The second-order valence-corrected chi connectivity index (χ2v) is 5.26. The number of likely N-dealkylation sites (tertiary alicyclic amines) is 1. The summed E-state index contributed by atoms with van der Waals surface area (Å²) in [6, 6.07) is 1.74. The zero-order chi connectivity index (χ0) is 12.8. The highest BCUT2D eigenvalue weighted by Crippen LogP contribution is 2.22. The van der Waals surface area contributed by atoms with Gasteiger partial charge in [0.25, 0.3) is 0 Å². The fraction of sp³-hybridized carbons (Fsp3) is 0.714. The van der Waals surface area contributed by atoms with Crippen LogP contribution in [0.2, 0.25) is 0 Å². The predicted octanol–water partition coefficient (Wildman–Crippen LogP) is 2.46. The van der Waals surface area contributed by atoms with Crippen LogP contribution in [0.1, 0.15) is 44.9 Å². The summed E-state index contributed by atoms with van der Waals surface area (Å²) >= 11 is 0. The molecule has 1 fully saturated rings. The van der Waals surface area contributed by atoms with Crippen LogP contribution in [0.3, 0.4) is 0 Å². The molecular weight excluding hydrogens is 224 g/mol. The fourth-order valence-corrected chi connectivity index (χ4v) is 2.77. The molecule has 1 saturated heterocycles. The summed E-state index contributed by atoms with van der Waals surface area (Å²) in [5.74, 6) is 2.34. The van der Waals surface area contributed by atoms with Gasteiger partial charge in [0.05, 0.1) is 6.54 Å². The molecule has 0 unspecified atom stereocenters. The van der Waals surface area contributed by atoms with Crippen molar-refractivity contribution in [3.8, 4) is 0 Å². The summed E-state index contributed by atoms with van der Waals surface area (Å²) in [6.45, 7) is 5.45. The Morgan fingerprint density at radius 2 is 2.28 bits per heavy atom. The largest absolute Gasteiger partial charge is 0.384 e. The summed E-state index contributed by atoms with van der Waals surface area (Å²) < 4.78 is 0. The van der Waals surface area contributed by atoms with E-state index in [0.717, 1.165) is 18.3 Å². The van der Waals surface area contributed by atoms with Crippen LogP contribution in [-0.2, 0) is 6.54 Å². The van der Waals surface area contributed by atoms with Crippen LogP contribution >= 0.6 is 0 Å². The van der Waals surface area contributed by atoms with Gasteiger partial charge in [-0.15, -0.1) is 0 Å². The number of anilines is 1. The molecule has 2 N–H and O–H groups in total.